The molecule has 0 bridgehead atoms. The molecule has 0 atom stereocenters. The fraction of sp³-hybridized carbons (Fsp3) is 0.500. The van der Waals surface area contributed by atoms with E-state index in [1.165, 1.54) is 0 Å². The largest absolute Gasteiger partial charge is 0.399 e. The first-order valence-corrected chi connectivity index (χ1v) is 6.31. The molecule has 2 N–H and O–H groups in total. The lowest BCUT2D eigenvalue weighted by Gasteiger charge is -2.31. The molecule has 18 heavy (non-hydrogen) atoms. The first-order valence-electron chi connectivity index (χ1n) is 6.31. The Morgan fingerprint density at radius 3 is 2.28 bits per heavy atom. The molecule has 1 rings (SSSR count). The quantitative estimate of drug-likeness (QED) is 0.834. The number of rotatable bonds is 4. The predicted molar refractivity (Wildman–Crippen MR) is 75.2 cm³/mol. The number of nitrogens with zero attached hydrogens (tertiary/aromatic N) is 2. The summed E-state index contributed by atoms with van der Waals surface area (Å²) in [5.41, 5.74) is 7.49. The van der Waals surface area contributed by atoms with Crippen LogP contribution < -0.4 is 5.73 Å². The van der Waals surface area contributed by atoms with Crippen molar-refractivity contribution >= 4 is 11.7 Å². The van der Waals surface area contributed by atoms with Gasteiger partial charge in [-0.05, 0) is 38.5 Å². The number of nitrogens with two attached hydrogens (primary N) is 1. The summed E-state index contributed by atoms with van der Waals surface area (Å²) in [7, 11) is 1.82. The van der Waals surface area contributed by atoms with Crippen molar-refractivity contribution in [2.45, 2.75) is 33.4 Å². The van der Waals surface area contributed by atoms with Crippen LogP contribution in [0.5, 0.6) is 0 Å². The number of hydrogen-bond acceptors (Lipinski definition) is 2. The van der Waals surface area contributed by atoms with Crippen molar-refractivity contribution in [2.24, 2.45) is 0 Å². The SMILES string of the molecule is CCN(C)C(=O)N(Cc1ccc(N)cc1)C(C)C. The van der Waals surface area contributed by atoms with Crippen molar-refractivity contribution in [2.75, 3.05) is 19.3 Å². The maximum Gasteiger partial charge on any atom is 0.320 e. The minimum absolute atomic E-state index is 0.0596. The van der Waals surface area contributed by atoms with E-state index in [1.807, 2.05) is 57.0 Å². The summed E-state index contributed by atoms with van der Waals surface area (Å²) in [4.78, 5) is 15.8. The average Bonchev–Trinajstić information content (AvgIpc) is 2.36. The summed E-state index contributed by atoms with van der Waals surface area (Å²) >= 11 is 0. The summed E-state index contributed by atoms with van der Waals surface area (Å²) in [6.07, 6.45) is 0. The Balaban J connectivity index is 2.80. The summed E-state index contributed by atoms with van der Waals surface area (Å²) in [6, 6.07) is 7.88. The van der Waals surface area contributed by atoms with Gasteiger partial charge < -0.3 is 15.5 Å². The van der Waals surface area contributed by atoms with Crippen molar-refractivity contribution in [1.29, 1.82) is 0 Å². The zero-order valence-electron chi connectivity index (χ0n) is 11.7. The van der Waals surface area contributed by atoms with E-state index in [4.69, 9.17) is 5.73 Å². The zero-order valence-corrected chi connectivity index (χ0v) is 11.7. The molecule has 0 unspecified atom stereocenters. The van der Waals surface area contributed by atoms with Gasteiger partial charge in [0.25, 0.3) is 0 Å². The van der Waals surface area contributed by atoms with Crippen molar-refractivity contribution in [1.82, 2.24) is 9.80 Å². The minimum Gasteiger partial charge on any atom is -0.399 e. The van der Waals surface area contributed by atoms with Crippen molar-refractivity contribution in [3.8, 4) is 0 Å². The van der Waals surface area contributed by atoms with E-state index in [0.717, 1.165) is 11.3 Å². The zero-order chi connectivity index (χ0) is 13.7. The number of carbonyl (C=O) groups excluding carboxylic acids is 1. The van der Waals surface area contributed by atoms with Crippen LogP contribution in [0, 0.1) is 0 Å². The topological polar surface area (TPSA) is 49.6 Å². The molecule has 0 spiro atoms. The summed E-state index contributed by atoms with van der Waals surface area (Å²) in [5, 5.41) is 0. The Hall–Kier alpha value is -1.71. The van der Waals surface area contributed by atoms with E-state index in [0.29, 0.717) is 13.1 Å². The molecule has 0 aromatic heterocycles. The number of amides is 2. The molecule has 0 aliphatic heterocycles. The van der Waals surface area contributed by atoms with Crippen molar-refractivity contribution in [3.05, 3.63) is 29.8 Å². The van der Waals surface area contributed by atoms with Gasteiger partial charge in [-0.3, -0.25) is 0 Å². The summed E-state index contributed by atoms with van der Waals surface area (Å²) < 4.78 is 0. The molecule has 0 aliphatic rings. The van der Waals surface area contributed by atoms with Gasteiger partial charge in [-0.25, -0.2) is 4.79 Å². The van der Waals surface area contributed by atoms with Gasteiger partial charge in [0.05, 0.1) is 0 Å². The van der Waals surface area contributed by atoms with Gasteiger partial charge in [0.15, 0.2) is 0 Å². The molecule has 1 aromatic rings. The lowest BCUT2D eigenvalue weighted by molar-refractivity contribution is 0.147. The van der Waals surface area contributed by atoms with E-state index < -0.39 is 0 Å². The Labute approximate surface area is 109 Å². The second kappa shape index (κ2) is 6.28. The van der Waals surface area contributed by atoms with E-state index in [1.54, 1.807) is 4.90 Å². The Morgan fingerprint density at radius 1 is 1.28 bits per heavy atom. The van der Waals surface area contributed by atoms with Gasteiger partial charge in [-0.1, -0.05) is 12.1 Å². The van der Waals surface area contributed by atoms with Crippen LogP contribution in [-0.4, -0.2) is 35.5 Å². The first-order chi connectivity index (χ1) is 8.45. The maximum absolute atomic E-state index is 12.2. The van der Waals surface area contributed by atoms with Crippen LogP contribution in [0.3, 0.4) is 0 Å². The number of anilines is 1. The molecule has 0 fully saturated rings. The average molecular weight is 249 g/mol. The van der Waals surface area contributed by atoms with Crippen LogP contribution in [-0.2, 0) is 6.54 Å². The van der Waals surface area contributed by atoms with Crippen molar-refractivity contribution in [3.63, 3.8) is 0 Å². The smallest absolute Gasteiger partial charge is 0.320 e. The Bertz CT molecular complexity index is 387. The van der Waals surface area contributed by atoms with Crippen LogP contribution in [0.2, 0.25) is 0 Å². The van der Waals surface area contributed by atoms with E-state index in [2.05, 4.69) is 0 Å². The van der Waals surface area contributed by atoms with E-state index in [-0.39, 0.29) is 12.1 Å². The predicted octanol–water partition coefficient (Wildman–Crippen LogP) is 2.55. The molecule has 4 heteroatoms. The third-order valence-electron chi connectivity index (χ3n) is 3.00. The molecule has 0 radical (unpaired) electrons. The Kier molecular flexibility index (Phi) is 5.01. The Morgan fingerprint density at radius 2 is 1.83 bits per heavy atom. The van der Waals surface area contributed by atoms with Crippen LogP contribution >= 0.6 is 0 Å². The molecular formula is C14H23N3O. The summed E-state index contributed by atoms with van der Waals surface area (Å²) in [6.45, 7) is 7.35. The number of urea groups is 1. The standard InChI is InChI=1S/C14H23N3O/c1-5-16(4)14(18)17(11(2)3)10-12-6-8-13(15)9-7-12/h6-9,11H,5,10,15H2,1-4H3. The fourth-order valence-electron chi connectivity index (χ4n) is 1.65. The normalized spacial score (nSPS) is 10.5. The van der Waals surface area contributed by atoms with Gasteiger partial charge in [-0.2, -0.15) is 0 Å². The number of nitrogen functional groups attached to an aromatic ring is 1. The molecule has 2 amide bonds. The van der Waals surface area contributed by atoms with Gasteiger partial charge in [0.1, 0.15) is 0 Å². The lowest BCUT2D eigenvalue weighted by Crippen LogP contribution is -2.44. The van der Waals surface area contributed by atoms with E-state index >= 15 is 0 Å². The van der Waals surface area contributed by atoms with Gasteiger partial charge in [0.2, 0.25) is 0 Å². The van der Waals surface area contributed by atoms with Crippen LogP contribution in [0.1, 0.15) is 26.3 Å². The molecule has 1 aromatic carbocycles. The number of hydrogen-bond donors (Lipinski definition) is 1. The number of carbonyl (C=O) groups is 1. The fourth-order valence-corrected chi connectivity index (χ4v) is 1.65. The monoisotopic (exact) mass is 249 g/mol. The van der Waals surface area contributed by atoms with Gasteiger partial charge in [0, 0.05) is 31.9 Å². The van der Waals surface area contributed by atoms with Gasteiger partial charge >= 0.3 is 6.03 Å². The third kappa shape index (κ3) is 3.65. The first kappa shape index (κ1) is 14.4. The second-order valence-corrected chi connectivity index (χ2v) is 4.76. The lowest BCUT2D eigenvalue weighted by atomic mass is 10.2. The summed E-state index contributed by atoms with van der Waals surface area (Å²) in [5.74, 6) is 0. The van der Waals surface area contributed by atoms with Gasteiger partial charge in [-0.15, -0.1) is 0 Å². The highest BCUT2D eigenvalue weighted by Crippen LogP contribution is 2.12. The minimum atomic E-state index is 0.0596. The van der Waals surface area contributed by atoms with Crippen LogP contribution in [0.25, 0.3) is 0 Å². The molecule has 4 nitrogen and oxygen atoms in total. The highest BCUT2D eigenvalue weighted by atomic mass is 16.2. The van der Waals surface area contributed by atoms with E-state index in [9.17, 15) is 4.79 Å². The maximum atomic E-state index is 12.2. The van der Waals surface area contributed by atoms with Crippen molar-refractivity contribution < 1.29 is 4.79 Å². The molecule has 0 aliphatic carbocycles. The molecule has 0 saturated carbocycles. The second-order valence-electron chi connectivity index (χ2n) is 4.76. The number of benzene rings is 1. The molecule has 100 valence electrons. The molecule has 0 saturated heterocycles. The molecule has 0 heterocycles. The molecular weight excluding hydrogens is 226 g/mol. The highest BCUT2D eigenvalue weighted by molar-refractivity contribution is 5.74. The van der Waals surface area contributed by atoms with Crippen LogP contribution in [0.15, 0.2) is 24.3 Å². The third-order valence-corrected chi connectivity index (χ3v) is 3.00. The van der Waals surface area contributed by atoms with Crippen LogP contribution in [0.4, 0.5) is 10.5 Å². The highest BCUT2D eigenvalue weighted by Gasteiger charge is 2.19.